The SMILES string of the molecule is O=[N+]([O-])c1cc2c(cc1S(=O)(=O)N1CCN(CCOc3ccccc3Cl)CC1)OCCCO2. The van der Waals surface area contributed by atoms with Crippen molar-refractivity contribution in [3.05, 3.63) is 51.5 Å². The molecule has 0 unspecified atom stereocenters. The van der Waals surface area contributed by atoms with E-state index < -0.39 is 20.6 Å². The van der Waals surface area contributed by atoms with Crippen LogP contribution < -0.4 is 14.2 Å². The number of sulfonamides is 1. The summed E-state index contributed by atoms with van der Waals surface area (Å²) in [6.07, 6.45) is 0.604. The highest BCUT2D eigenvalue weighted by Crippen LogP contribution is 2.39. The van der Waals surface area contributed by atoms with Crippen LogP contribution in [0.15, 0.2) is 41.3 Å². The van der Waals surface area contributed by atoms with E-state index in [1.165, 1.54) is 10.4 Å². The molecule has 1 fully saturated rings. The second-order valence-corrected chi connectivity index (χ2v) is 9.91. The van der Waals surface area contributed by atoms with Crippen molar-refractivity contribution in [1.82, 2.24) is 9.21 Å². The zero-order chi connectivity index (χ0) is 23.4. The number of para-hydroxylation sites is 1. The number of piperazine rings is 1. The Hall–Kier alpha value is -2.60. The molecule has 0 bridgehead atoms. The molecule has 2 heterocycles. The van der Waals surface area contributed by atoms with Gasteiger partial charge in [-0.3, -0.25) is 15.0 Å². The van der Waals surface area contributed by atoms with E-state index in [0.29, 0.717) is 56.6 Å². The fourth-order valence-electron chi connectivity index (χ4n) is 3.71. The van der Waals surface area contributed by atoms with Crippen molar-refractivity contribution < 1.29 is 27.6 Å². The lowest BCUT2D eigenvalue weighted by molar-refractivity contribution is -0.388. The Bertz CT molecular complexity index is 1120. The van der Waals surface area contributed by atoms with Crippen molar-refractivity contribution in [3.63, 3.8) is 0 Å². The average molecular weight is 498 g/mol. The second-order valence-electron chi connectivity index (χ2n) is 7.60. The number of halogens is 1. The lowest BCUT2D eigenvalue weighted by atomic mass is 10.3. The van der Waals surface area contributed by atoms with E-state index in [1.807, 2.05) is 12.1 Å². The average Bonchev–Trinajstić information content (AvgIpc) is 3.05. The summed E-state index contributed by atoms with van der Waals surface area (Å²) in [6.45, 7) is 3.07. The van der Waals surface area contributed by atoms with Crippen molar-refractivity contribution in [3.8, 4) is 17.2 Å². The molecule has 4 rings (SSSR count). The lowest BCUT2D eigenvalue weighted by Gasteiger charge is -2.33. The number of hydrogen-bond acceptors (Lipinski definition) is 8. The zero-order valence-corrected chi connectivity index (χ0v) is 19.4. The Morgan fingerprint density at radius 1 is 1.06 bits per heavy atom. The second kappa shape index (κ2) is 10.1. The molecule has 2 aliphatic heterocycles. The normalized spacial score (nSPS) is 17.4. The Balaban J connectivity index is 1.42. The van der Waals surface area contributed by atoms with Gasteiger partial charge >= 0.3 is 0 Å². The van der Waals surface area contributed by atoms with Gasteiger partial charge in [0.1, 0.15) is 12.4 Å². The fraction of sp³-hybridized carbons (Fsp3) is 0.429. The summed E-state index contributed by atoms with van der Waals surface area (Å²) in [7, 11) is -4.09. The van der Waals surface area contributed by atoms with E-state index >= 15 is 0 Å². The zero-order valence-electron chi connectivity index (χ0n) is 17.8. The molecule has 2 aromatic carbocycles. The van der Waals surface area contributed by atoms with Crippen molar-refractivity contribution in [2.24, 2.45) is 0 Å². The summed E-state index contributed by atoms with van der Waals surface area (Å²) in [4.78, 5) is 12.6. The molecule has 0 atom stereocenters. The fourth-order valence-corrected chi connectivity index (χ4v) is 5.47. The van der Waals surface area contributed by atoms with Crippen LogP contribution in [0.5, 0.6) is 17.2 Å². The first-order chi connectivity index (χ1) is 15.9. The predicted octanol–water partition coefficient (Wildman–Crippen LogP) is 2.79. The molecule has 0 spiro atoms. The van der Waals surface area contributed by atoms with E-state index in [-0.39, 0.29) is 29.5 Å². The van der Waals surface area contributed by atoms with Crippen LogP contribution in [-0.4, -0.2) is 75.1 Å². The van der Waals surface area contributed by atoms with Crippen molar-refractivity contribution >= 4 is 27.3 Å². The van der Waals surface area contributed by atoms with Crippen LogP contribution in [0.4, 0.5) is 5.69 Å². The molecule has 0 aromatic heterocycles. The summed E-state index contributed by atoms with van der Waals surface area (Å²) < 4.78 is 44.6. The van der Waals surface area contributed by atoms with Crippen LogP contribution in [0.1, 0.15) is 6.42 Å². The molecule has 0 amide bonds. The number of nitro benzene ring substituents is 1. The molecule has 33 heavy (non-hydrogen) atoms. The highest BCUT2D eigenvalue weighted by atomic mass is 35.5. The van der Waals surface area contributed by atoms with Gasteiger partial charge in [0.2, 0.25) is 10.0 Å². The molecular weight excluding hydrogens is 474 g/mol. The first-order valence-corrected chi connectivity index (χ1v) is 12.4. The smallest absolute Gasteiger partial charge is 0.293 e. The maximum atomic E-state index is 13.3. The van der Waals surface area contributed by atoms with Crippen LogP contribution in [0, 0.1) is 10.1 Å². The molecule has 1 saturated heterocycles. The molecule has 10 nitrogen and oxygen atoms in total. The highest BCUT2D eigenvalue weighted by Gasteiger charge is 2.36. The third kappa shape index (κ3) is 5.32. The number of rotatable bonds is 7. The first-order valence-electron chi connectivity index (χ1n) is 10.5. The monoisotopic (exact) mass is 497 g/mol. The number of fused-ring (bicyclic) bond motifs is 1. The number of nitro groups is 1. The topological polar surface area (TPSA) is 111 Å². The largest absolute Gasteiger partial charge is 0.491 e. The van der Waals surface area contributed by atoms with Gasteiger partial charge in [0.15, 0.2) is 16.4 Å². The van der Waals surface area contributed by atoms with E-state index in [2.05, 4.69) is 4.90 Å². The van der Waals surface area contributed by atoms with Gasteiger partial charge in [0, 0.05) is 45.2 Å². The van der Waals surface area contributed by atoms with E-state index in [1.54, 1.807) is 12.1 Å². The van der Waals surface area contributed by atoms with Gasteiger partial charge in [-0.05, 0) is 12.1 Å². The molecule has 12 heteroatoms. The standard InChI is InChI=1S/C21H24ClN3O7S/c22-16-4-1-2-5-18(16)32-13-10-23-6-8-24(9-7-23)33(28,29)21-15-20-19(14-17(21)25(26)27)30-11-3-12-31-20/h1-2,4-5,14-15H,3,6-13H2. The molecule has 2 aromatic rings. The van der Waals surface area contributed by atoms with Crippen LogP contribution in [0.25, 0.3) is 0 Å². The molecule has 0 aliphatic carbocycles. The van der Waals surface area contributed by atoms with Crippen molar-refractivity contribution in [2.45, 2.75) is 11.3 Å². The summed E-state index contributed by atoms with van der Waals surface area (Å²) in [6, 6.07) is 9.54. The maximum absolute atomic E-state index is 13.3. The minimum Gasteiger partial charge on any atom is -0.491 e. The minimum absolute atomic E-state index is 0.182. The van der Waals surface area contributed by atoms with E-state index in [9.17, 15) is 18.5 Å². The van der Waals surface area contributed by atoms with Crippen LogP contribution in [-0.2, 0) is 10.0 Å². The van der Waals surface area contributed by atoms with Crippen LogP contribution in [0.2, 0.25) is 5.02 Å². The van der Waals surface area contributed by atoms with Gasteiger partial charge in [0.25, 0.3) is 5.69 Å². The van der Waals surface area contributed by atoms with Crippen LogP contribution >= 0.6 is 11.6 Å². The van der Waals surface area contributed by atoms with Gasteiger partial charge < -0.3 is 14.2 Å². The quantitative estimate of drug-likeness (QED) is 0.424. The molecular formula is C21H24ClN3O7S. The third-order valence-corrected chi connectivity index (χ3v) is 7.72. The Labute approximate surface area is 196 Å². The number of nitrogens with zero attached hydrogens (tertiary/aromatic N) is 3. The Kier molecular flexibility index (Phi) is 7.23. The molecule has 2 aliphatic rings. The molecule has 0 N–H and O–H groups in total. The predicted molar refractivity (Wildman–Crippen MR) is 121 cm³/mol. The number of ether oxygens (including phenoxy) is 3. The van der Waals surface area contributed by atoms with Gasteiger partial charge in [-0.15, -0.1) is 0 Å². The lowest BCUT2D eigenvalue weighted by Crippen LogP contribution is -2.49. The van der Waals surface area contributed by atoms with Crippen molar-refractivity contribution in [2.75, 3.05) is 52.5 Å². The molecule has 0 saturated carbocycles. The van der Waals surface area contributed by atoms with E-state index in [0.717, 1.165) is 6.07 Å². The summed E-state index contributed by atoms with van der Waals surface area (Å²) in [5, 5.41) is 12.2. The molecule has 0 radical (unpaired) electrons. The number of hydrogen-bond donors (Lipinski definition) is 0. The van der Waals surface area contributed by atoms with E-state index in [4.69, 9.17) is 25.8 Å². The maximum Gasteiger partial charge on any atom is 0.293 e. The Morgan fingerprint density at radius 2 is 1.73 bits per heavy atom. The summed E-state index contributed by atoms with van der Waals surface area (Å²) >= 11 is 6.08. The van der Waals surface area contributed by atoms with Gasteiger partial charge in [-0.1, -0.05) is 23.7 Å². The molecule has 178 valence electrons. The summed E-state index contributed by atoms with van der Waals surface area (Å²) in [5.41, 5.74) is -0.519. The van der Waals surface area contributed by atoms with Gasteiger partial charge in [-0.2, -0.15) is 4.31 Å². The van der Waals surface area contributed by atoms with Crippen LogP contribution in [0.3, 0.4) is 0 Å². The Morgan fingerprint density at radius 3 is 2.39 bits per heavy atom. The highest BCUT2D eigenvalue weighted by molar-refractivity contribution is 7.89. The van der Waals surface area contributed by atoms with Crippen molar-refractivity contribution in [1.29, 1.82) is 0 Å². The first kappa shape index (κ1) is 23.6. The summed E-state index contributed by atoms with van der Waals surface area (Å²) in [5.74, 6) is 0.982. The number of benzene rings is 2. The third-order valence-electron chi connectivity index (χ3n) is 5.48. The minimum atomic E-state index is -4.09. The van der Waals surface area contributed by atoms with Gasteiger partial charge in [-0.25, -0.2) is 8.42 Å². The van der Waals surface area contributed by atoms with Gasteiger partial charge in [0.05, 0.1) is 29.2 Å².